The minimum absolute atomic E-state index is 0.0580. The molecule has 0 unspecified atom stereocenters. The van der Waals surface area contributed by atoms with Crippen LogP contribution in [-0.2, 0) is 4.79 Å². The zero-order valence-corrected chi connectivity index (χ0v) is 15.4. The van der Waals surface area contributed by atoms with Gasteiger partial charge in [0.2, 0.25) is 0 Å². The van der Waals surface area contributed by atoms with Crippen molar-refractivity contribution in [3.63, 3.8) is 0 Å². The van der Waals surface area contributed by atoms with E-state index < -0.39 is 0 Å². The smallest absolute Gasteiger partial charge is 0.160 e. The highest BCUT2D eigenvalue weighted by Crippen LogP contribution is 2.36. The summed E-state index contributed by atoms with van der Waals surface area (Å²) in [4.78, 5) is 14.9. The molecule has 0 radical (unpaired) electrons. The number of hydrogen-bond acceptors (Lipinski definition) is 2. The van der Waals surface area contributed by atoms with Gasteiger partial charge in [-0.05, 0) is 24.7 Å². The Balaban J connectivity index is 2.38. The Kier molecular flexibility index (Phi) is 8.82. The SMILES string of the molecule is CCCCCCCCCC(=O)C1=CN(CCC)CCC1(C)C. The Morgan fingerprint density at radius 1 is 1.05 bits per heavy atom. The van der Waals surface area contributed by atoms with E-state index in [1.54, 1.807) is 0 Å². The third-order valence-electron chi connectivity index (χ3n) is 4.88. The Morgan fingerprint density at radius 3 is 2.32 bits per heavy atom. The Morgan fingerprint density at radius 2 is 1.68 bits per heavy atom. The van der Waals surface area contributed by atoms with Gasteiger partial charge in [-0.2, -0.15) is 0 Å². The van der Waals surface area contributed by atoms with Crippen LogP contribution < -0.4 is 0 Å². The number of carbonyl (C=O) groups is 1. The summed E-state index contributed by atoms with van der Waals surface area (Å²) in [6.45, 7) is 11.1. The molecule has 0 aliphatic carbocycles. The van der Waals surface area contributed by atoms with Gasteiger partial charge in [0.25, 0.3) is 0 Å². The average molecular weight is 308 g/mol. The van der Waals surface area contributed by atoms with Crippen molar-refractivity contribution in [2.24, 2.45) is 5.41 Å². The molecule has 0 spiro atoms. The van der Waals surface area contributed by atoms with Gasteiger partial charge >= 0.3 is 0 Å². The molecule has 0 bridgehead atoms. The first-order valence-electron chi connectivity index (χ1n) is 9.50. The maximum Gasteiger partial charge on any atom is 0.160 e. The van der Waals surface area contributed by atoms with Crippen LogP contribution in [0.1, 0.15) is 91.9 Å². The van der Waals surface area contributed by atoms with Gasteiger partial charge < -0.3 is 4.90 Å². The molecule has 0 saturated carbocycles. The lowest BCUT2D eigenvalue weighted by Crippen LogP contribution is -2.35. The lowest BCUT2D eigenvalue weighted by atomic mass is 9.76. The van der Waals surface area contributed by atoms with E-state index in [2.05, 4.69) is 38.8 Å². The number of rotatable bonds is 11. The van der Waals surface area contributed by atoms with Crippen molar-refractivity contribution in [3.8, 4) is 0 Å². The van der Waals surface area contributed by atoms with Crippen LogP contribution in [-0.4, -0.2) is 23.8 Å². The van der Waals surface area contributed by atoms with Gasteiger partial charge in [0.1, 0.15) is 0 Å². The van der Waals surface area contributed by atoms with Crippen LogP contribution in [0, 0.1) is 5.41 Å². The molecule has 2 nitrogen and oxygen atoms in total. The van der Waals surface area contributed by atoms with Crippen molar-refractivity contribution in [3.05, 3.63) is 11.8 Å². The van der Waals surface area contributed by atoms with Gasteiger partial charge in [0.05, 0.1) is 0 Å². The first-order chi connectivity index (χ1) is 10.5. The maximum absolute atomic E-state index is 12.6. The van der Waals surface area contributed by atoms with Crippen LogP contribution in [0.3, 0.4) is 0 Å². The molecule has 0 aromatic carbocycles. The van der Waals surface area contributed by atoms with Crippen molar-refractivity contribution in [1.29, 1.82) is 0 Å². The van der Waals surface area contributed by atoms with E-state index in [1.807, 2.05) is 0 Å². The van der Waals surface area contributed by atoms with Crippen LogP contribution >= 0.6 is 0 Å². The van der Waals surface area contributed by atoms with E-state index in [4.69, 9.17) is 0 Å². The average Bonchev–Trinajstić information content (AvgIpc) is 2.48. The minimum atomic E-state index is 0.0580. The van der Waals surface area contributed by atoms with Crippen LogP contribution in [0.2, 0.25) is 0 Å². The lowest BCUT2D eigenvalue weighted by molar-refractivity contribution is -0.117. The van der Waals surface area contributed by atoms with Gasteiger partial charge in [-0.25, -0.2) is 0 Å². The first-order valence-corrected chi connectivity index (χ1v) is 9.50. The first kappa shape index (κ1) is 19.3. The fraction of sp³-hybridized carbons (Fsp3) is 0.850. The summed E-state index contributed by atoms with van der Waals surface area (Å²) in [6, 6.07) is 0. The summed E-state index contributed by atoms with van der Waals surface area (Å²) < 4.78 is 0. The second-order valence-corrected chi connectivity index (χ2v) is 7.51. The van der Waals surface area contributed by atoms with E-state index in [9.17, 15) is 4.79 Å². The number of nitrogens with zero attached hydrogens (tertiary/aromatic N) is 1. The second-order valence-electron chi connectivity index (χ2n) is 7.51. The summed E-state index contributed by atoms with van der Waals surface area (Å²) in [5.41, 5.74) is 1.13. The third-order valence-corrected chi connectivity index (χ3v) is 4.88. The number of carbonyl (C=O) groups excluding carboxylic acids is 1. The Hall–Kier alpha value is -0.790. The molecule has 0 fully saturated rings. The molecule has 0 saturated heterocycles. The number of Topliss-reactive ketones (excluding diaryl/α,β-unsaturated/α-hetero) is 1. The molecule has 1 aliphatic rings. The number of hydrogen-bond donors (Lipinski definition) is 0. The third kappa shape index (κ3) is 6.54. The minimum Gasteiger partial charge on any atom is -0.377 e. The highest BCUT2D eigenvalue weighted by Gasteiger charge is 2.32. The van der Waals surface area contributed by atoms with E-state index in [1.165, 1.54) is 38.5 Å². The Bertz CT molecular complexity index is 357. The second kappa shape index (κ2) is 10.1. The molecule has 0 aromatic heterocycles. The normalized spacial score (nSPS) is 17.5. The molecule has 2 heteroatoms. The van der Waals surface area contributed by atoms with Crippen LogP contribution in [0.25, 0.3) is 0 Å². The predicted octanol–water partition coefficient (Wildman–Crippen LogP) is 5.72. The van der Waals surface area contributed by atoms with E-state index >= 15 is 0 Å². The summed E-state index contributed by atoms with van der Waals surface area (Å²) in [5.74, 6) is 0.388. The number of ketones is 1. The maximum atomic E-state index is 12.6. The van der Waals surface area contributed by atoms with Crippen molar-refractivity contribution < 1.29 is 4.79 Å². The van der Waals surface area contributed by atoms with Gasteiger partial charge in [0, 0.05) is 31.3 Å². The van der Waals surface area contributed by atoms with Gasteiger partial charge in [-0.15, -0.1) is 0 Å². The molecule has 128 valence electrons. The fourth-order valence-electron chi connectivity index (χ4n) is 3.27. The summed E-state index contributed by atoms with van der Waals surface area (Å²) in [7, 11) is 0. The van der Waals surface area contributed by atoms with Crippen molar-refractivity contribution in [2.75, 3.05) is 13.1 Å². The summed E-state index contributed by atoms with van der Waals surface area (Å²) >= 11 is 0. The van der Waals surface area contributed by atoms with Gasteiger partial charge in [-0.3, -0.25) is 4.79 Å². The van der Waals surface area contributed by atoms with Crippen LogP contribution in [0.4, 0.5) is 0 Å². The highest BCUT2D eigenvalue weighted by molar-refractivity contribution is 5.96. The van der Waals surface area contributed by atoms with Crippen molar-refractivity contribution in [1.82, 2.24) is 4.90 Å². The largest absolute Gasteiger partial charge is 0.377 e. The molecule has 0 amide bonds. The quantitative estimate of drug-likeness (QED) is 0.455. The van der Waals surface area contributed by atoms with Gasteiger partial charge in [0.15, 0.2) is 5.78 Å². The topological polar surface area (TPSA) is 20.3 Å². The zero-order chi connectivity index (χ0) is 16.4. The molecular weight excluding hydrogens is 270 g/mol. The zero-order valence-electron chi connectivity index (χ0n) is 15.4. The standard InChI is InChI=1S/C20H37NO/c1-5-7-8-9-10-11-12-13-19(22)18-17-21(15-6-2)16-14-20(18,3)4/h17H,5-16H2,1-4H3. The highest BCUT2D eigenvalue weighted by atomic mass is 16.1. The summed E-state index contributed by atoms with van der Waals surface area (Å²) in [5, 5.41) is 0. The molecule has 1 heterocycles. The molecule has 0 N–H and O–H groups in total. The molecule has 0 aromatic rings. The fourth-order valence-corrected chi connectivity index (χ4v) is 3.27. The molecule has 1 aliphatic heterocycles. The van der Waals surface area contributed by atoms with E-state index in [-0.39, 0.29) is 5.41 Å². The van der Waals surface area contributed by atoms with Crippen molar-refractivity contribution >= 4 is 5.78 Å². The molecule has 22 heavy (non-hydrogen) atoms. The Labute approximate surface area is 138 Å². The van der Waals surface area contributed by atoms with Gasteiger partial charge in [-0.1, -0.05) is 66.2 Å². The van der Waals surface area contributed by atoms with E-state index in [0.717, 1.165) is 44.3 Å². The van der Waals surface area contributed by atoms with Crippen LogP contribution in [0.5, 0.6) is 0 Å². The molecule has 0 atom stereocenters. The molecule has 1 rings (SSSR count). The predicted molar refractivity (Wildman–Crippen MR) is 96.0 cm³/mol. The monoisotopic (exact) mass is 307 g/mol. The van der Waals surface area contributed by atoms with E-state index in [0.29, 0.717) is 5.78 Å². The summed E-state index contributed by atoms with van der Waals surface area (Å²) in [6.07, 6.45) is 14.1. The number of unbranched alkanes of at least 4 members (excludes halogenated alkanes) is 6. The van der Waals surface area contributed by atoms with Crippen LogP contribution in [0.15, 0.2) is 11.8 Å². The molecular formula is C20H37NO. The van der Waals surface area contributed by atoms with Crippen molar-refractivity contribution in [2.45, 2.75) is 91.9 Å². The number of allylic oxidation sites excluding steroid dienone is 1. The lowest BCUT2D eigenvalue weighted by Gasteiger charge is -2.37.